The van der Waals surface area contributed by atoms with Gasteiger partial charge in [0.1, 0.15) is 0 Å². The number of carbonyl (C=O) groups is 1. The van der Waals surface area contributed by atoms with Gasteiger partial charge in [0.15, 0.2) is 11.5 Å². The summed E-state index contributed by atoms with van der Waals surface area (Å²) in [5.74, 6) is 0.783. The molecule has 0 saturated carbocycles. The molecule has 152 valence electrons. The maximum atomic E-state index is 12.8. The summed E-state index contributed by atoms with van der Waals surface area (Å²) in [4.78, 5) is 29.7. The third-order valence-corrected chi connectivity index (χ3v) is 4.97. The van der Waals surface area contributed by atoms with Crippen molar-refractivity contribution >= 4 is 33.3 Å². The van der Waals surface area contributed by atoms with E-state index in [1.54, 1.807) is 12.1 Å². The lowest BCUT2D eigenvalue weighted by Crippen LogP contribution is -2.23. The van der Waals surface area contributed by atoms with Crippen LogP contribution < -0.4 is 20.3 Å². The Balaban J connectivity index is 1.53. The van der Waals surface area contributed by atoms with Crippen LogP contribution in [0.4, 0.5) is 5.69 Å². The van der Waals surface area contributed by atoms with E-state index in [0.717, 1.165) is 16.5 Å². The van der Waals surface area contributed by atoms with Gasteiger partial charge in [0.05, 0.1) is 31.4 Å². The number of fused-ring (bicyclic) bond motifs is 2. The lowest BCUT2D eigenvalue weighted by molar-refractivity contribution is -0.116. The Hall–Kier alpha value is -3.87. The highest BCUT2D eigenvalue weighted by Crippen LogP contribution is 2.29. The first-order valence-electron chi connectivity index (χ1n) is 9.49. The minimum atomic E-state index is -0.237. The number of rotatable bonds is 6. The number of hydrogen-bond donors (Lipinski definition) is 1. The number of methoxy groups -OCH3 is 2. The fraction of sp³-hybridized carbons (Fsp3) is 0.174. The van der Waals surface area contributed by atoms with E-state index in [0.29, 0.717) is 22.4 Å². The summed E-state index contributed by atoms with van der Waals surface area (Å²) >= 11 is 0. The molecule has 0 unspecified atom stereocenters. The van der Waals surface area contributed by atoms with Crippen molar-refractivity contribution in [1.82, 2.24) is 9.55 Å². The monoisotopic (exact) mass is 403 g/mol. The number of hydrogen-bond acceptors (Lipinski definition) is 5. The van der Waals surface area contributed by atoms with Gasteiger partial charge in [-0.2, -0.15) is 0 Å². The van der Waals surface area contributed by atoms with Crippen molar-refractivity contribution in [3.8, 4) is 11.5 Å². The number of aromatic nitrogens is 2. The van der Waals surface area contributed by atoms with Gasteiger partial charge < -0.3 is 14.8 Å². The highest BCUT2D eigenvalue weighted by Gasteiger charge is 2.12. The third kappa shape index (κ3) is 3.69. The van der Waals surface area contributed by atoms with Gasteiger partial charge in [-0.25, -0.2) is 4.98 Å². The summed E-state index contributed by atoms with van der Waals surface area (Å²) in [6.07, 6.45) is 1.59. The Morgan fingerprint density at radius 3 is 2.53 bits per heavy atom. The van der Waals surface area contributed by atoms with Gasteiger partial charge in [0.25, 0.3) is 5.56 Å². The minimum absolute atomic E-state index is 0.142. The average Bonchev–Trinajstić information content (AvgIpc) is 2.78. The zero-order valence-electron chi connectivity index (χ0n) is 16.7. The highest BCUT2D eigenvalue weighted by molar-refractivity contribution is 6.02. The molecular formula is C23H21N3O4. The molecule has 4 rings (SSSR count). The topological polar surface area (TPSA) is 82.5 Å². The van der Waals surface area contributed by atoms with E-state index in [1.807, 2.05) is 42.5 Å². The molecule has 0 atom stereocenters. The first-order valence-corrected chi connectivity index (χ1v) is 9.49. The molecule has 1 N–H and O–H groups in total. The van der Waals surface area contributed by atoms with Crippen LogP contribution in [0.2, 0.25) is 0 Å². The zero-order chi connectivity index (χ0) is 21.1. The van der Waals surface area contributed by atoms with Crippen LogP contribution >= 0.6 is 0 Å². The number of ether oxygens (including phenoxy) is 2. The second kappa shape index (κ2) is 8.24. The van der Waals surface area contributed by atoms with Crippen molar-refractivity contribution in [2.45, 2.75) is 13.0 Å². The predicted octanol–water partition coefficient (Wildman–Crippen LogP) is 3.60. The molecule has 0 saturated heterocycles. The van der Waals surface area contributed by atoms with Crippen LogP contribution in [0.25, 0.3) is 21.7 Å². The van der Waals surface area contributed by atoms with Crippen molar-refractivity contribution in [2.24, 2.45) is 0 Å². The van der Waals surface area contributed by atoms with E-state index < -0.39 is 0 Å². The van der Waals surface area contributed by atoms with Crippen molar-refractivity contribution in [3.05, 3.63) is 71.3 Å². The summed E-state index contributed by atoms with van der Waals surface area (Å²) in [6, 6.07) is 16.9. The number of aryl methyl sites for hydroxylation is 1. The molecular weight excluding hydrogens is 382 g/mol. The van der Waals surface area contributed by atoms with Gasteiger partial charge in [-0.15, -0.1) is 0 Å². The summed E-state index contributed by atoms with van der Waals surface area (Å²) in [7, 11) is 3.04. The Bertz CT molecular complexity index is 1290. The van der Waals surface area contributed by atoms with Crippen molar-refractivity contribution in [2.75, 3.05) is 19.5 Å². The van der Waals surface area contributed by atoms with Crippen LogP contribution in [0.15, 0.2) is 65.7 Å². The standard InChI is InChI=1S/C23H21N3O4/c1-29-20-12-17-19(13-21(20)30-2)24-14-26(23(17)28)11-10-22(27)25-18-9-5-7-15-6-3-4-8-16(15)18/h3-9,12-14H,10-11H2,1-2H3,(H,25,27). The first-order chi connectivity index (χ1) is 14.6. The Morgan fingerprint density at radius 2 is 1.73 bits per heavy atom. The maximum Gasteiger partial charge on any atom is 0.261 e. The zero-order valence-corrected chi connectivity index (χ0v) is 16.7. The number of nitrogens with one attached hydrogen (secondary N) is 1. The number of amides is 1. The molecule has 1 heterocycles. The van der Waals surface area contributed by atoms with E-state index in [4.69, 9.17) is 9.47 Å². The molecule has 7 heteroatoms. The summed E-state index contributed by atoms with van der Waals surface area (Å²) in [5.41, 5.74) is 1.02. The average molecular weight is 403 g/mol. The van der Waals surface area contributed by atoms with Crippen LogP contribution in [0.5, 0.6) is 11.5 Å². The van der Waals surface area contributed by atoms with Crippen LogP contribution in [0.1, 0.15) is 6.42 Å². The Morgan fingerprint density at radius 1 is 1.00 bits per heavy atom. The molecule has 3 aromatic carbocycles. The van der Waals surface area contributed by atoms with Gasteiger partial charge in [0.2, 0.25) is 5.91 Å². The number of nitrogens with zero attached hydrogens (tertiary/aromatic N) is 2. The van der Waals surface area contributed by atoms with Crippen LogP contribution in [0, 0.1) is 0 Å². The van der Waals surface area contributed by atoms with E-state index in [1.165, 1.54) is 25.1 Å². The normalized spacial score (nSPS) is 10.9. The van der Waals surface area contributed by atoms with Gasteiger partial charge in [-0.3, -0.25) is 14.2 Å². The van der Waals surface area contributed by atoms with E-state index in [-0.39, 0.29) is 24.4 Å². The minimum Gasteiger partial charge on any atom is -0.493 e. The first kappa shape index (κ1) is 19.4. The second-order valence-corrected chi connectivity index (χ2v) is 6.79. The summed E-state index contributed by atoms with van der Waals surface area (Å²) in [6.45, 7) is 0.215. The van der Waals surface area contributed by atoms with Gasteiger partial charge >= 0.3 is 0 Å². The van der Waals surface area contributed by atoms with E-state index >= 15 is 0 Å². The number of carbonyl (C=O) groups excluding carboxylic acids is 1. The van der Waals surface area contributed by atoms with Crippen molar-refractivity contribution < 1.29 is 14.3 Å². The largest absolute Gasteiger partial charge is 0.493 e. The summed E-state index contributed by atoms with van der Waals surface area (Å²) in [5, 5.41) is 5.36. The molecule has 7 nitrogen and oxygen atoms in total. The fourth-order valence-corrected chi connectivity index (χ4v) is 3.41. The lowest BCUT2D eigenvalue weighted by Gasteiger charge is -2.11. The van der Waals surface area contributed by atoms with Crippen LogP contribution in [-0.2, 0) is 11.3 Å². The lowest BCUT2D eigenvalue weighted by atomic mass is 10.1. The third-order valence-electron chi connectivity index (χ3n) is 4.97. The van der Waals surface area contributed by atoms with Gasteiger partial charge in [-0.05, 0) is 17.5 Å². The molecule has 1 amide bonds. The van der Waals surface area contributed by atoms with Crippen LogP contribution in [0.3, 0.4) is 0 Å². The second-order valence-electron chi connectivity index (χ2n) is 6.79. The maximum absolute atomic E-state index is 12.8. The SMILES string of the molecule is COc1cc2ncn(CCC(=O)Nc3cccc4ccccc34)c(=O)c2cc1OC. The molecule has 0 spiro atoms. The van der Waals surface area contributed by atoms with E-state index in [2.05, 4.69) is 10.3 Å². The number of anilines is 1. The molecule has 4 aromatic rings. The Kier molecular flexibility index (Phi) is 5.34. The fourth-order valence-electron chi connectivity index (χ4n) is 3.41. The highest BCUT2D eigenvalue weighted by atomic mass is 16.5. The van der Waals surface area contributed by atoms with Gasteiger partial charge in [0, 0.05) is 30.1 Å². The molecule has 0 bridgehead atoms. The molecule has 30 heavy (non-hydrogen) atoms. The van der Waals surface area contributed by atoms with Crippen molar-refractivity contribution in [3.63, 3.8) is 0 Å². The molecule has 0 aliphatic rings. The number of benzene rings is 3. The van der Waals surface area contributed by atoms with Crippen molar-refractivity contribution in [1.29, 1.82) is 0 Å². The smallest absolute Gasteiger partial charge is 0.261 e. The van der Waals surface area contributed by atoms with Gasteiger partial charge in [-0.1, -0.05) is 36.4 Å². The Labute approximate surface area is 172 Å². The van der Waals surface area contributed by atoms with E-state index in [9.17, 15) is 9.59 Å². The molecule has 1 aromatic heterocycles. The quantitative estimate of drug-likeness (QED) is 0.532. The molecule has 0 fully saturated rings. The van der Waals surface area contributed by atoms with Crippen LogP contribution in [-0.4, -0.2) is 29.7 Å². The molecule has 0 aliphatic carbocycles. The molecule has 0 radical (unpaired) electrons. The summed E-state index contributed by atoms with van der Waals surface area (Å²) < 4.78 is 12.0. The predicted molar refractivity (Wildman–Crippen MR) is 116 cm³/mol. The molecule has 0 aliphatic heterocycles.